The summed E-state index contributed by atoms with van der Waals surface area (Å²) in [4.78, 5) is 13.0. The van der Waals surface area contributed by atoms with E-state index in [1.165, 1.54) is 12.8 Å². The first-order valence-corrected chi connectivity index (χ1v) is 6.07. The number of hydrogen-bond acceptors (Lipinski definition) is 3. The second-order valence-corrected chi connectivity index (χ2v) is 4.83. The number of nitrogens with zero attached hydrogens (tertiary/aromatic N) is 4. The fourth-order valence-corrected chi connectivity index (χ4v) is 2.08. The van der Waals surface area contributed by atoms with Crippen molar-refractivity contribution >= 4 is 15.9 Å². The molecule has 2 aromatic heterocycles. The van der Waals surface area contributed by atoms with Crippen molar-refractivity contribution < 1.29 is 0 Å². The van der Waals surface area contributed by atoms with Gasteiger partial charge in [0, 0.05) is 18.2 Å². The molecule has 0 atom stereocenters. The van der Waals surface area contributed by atoms with E-state index in [4.69, 9.17) is 0 Å². The van der Waals surface area contributed by atoms with E-state index in [1.54, 1.807) is 6.33 Å². The van der Waals surface area contributed by atoms with E-state index >= 15 is 0 Å². The molecule has 3 rings (SSSR count). The van der Waals surface area contributed by atoms with E-state index in [1.807, 2.05) is 23.8 Å². The number of aromatic nitrogens is 4. The van der Waals surface area contributed by atoms with Gasteiger partial charge in [0.15, 0.2) is 4.73 Å². The van der Waals surface area contributed by atoms with Crippen LogP contribution in [0.15, 0.2) is 23.3 Å². The van der Waals surface area contributed by atoms with Crippen molar-refractivity contribution in [1.29, 1.82) is 0 Å². The van der Waals surface area contributed by atoms with Crippen LogP contribution < -0.4 is 0 Å². The zero-order chi connectivity index (χ0) is 11.1. The molecule has 82 valence electrons. The number of imidazole rings is 1. The van der Waals surface area contributed by atoms with Crippen LogP contribution in [0.1, 0.15) is 30.1 Å². The molecule has 0 radical (unpaired) electrons. The molecule has 1 aliphatic carbocycles. The lowest BCUT2D eigenvalue weighted by Gasteiger charge is -2.04. The molecule has 1 aliphatic rings. The van der Waals surface area contributed by atoms with Gasteiger partial charge < -0.3 is 0 Å². The van der Waals surface area contributed by atoms with Crippen molar-refractivity contribution in [3.63, 3.8) is 0 Å². The summed E-state index contributed by atoms with van der Waals surface area (Å²) in [6.07, 6.45) is 6.23. The van der Waals surface area contributed by atoms with Gasteiger partial charge in [-0.15, -0.1) is 0 Å². The van der Waals surface area contributed by atoms with Gasteiger partial charge in [-0.1, -0.05) is 0 Å². The smallest absolute Gasteiger partial charge is 0.198 e. The fraction of sp³-hybridized carbons (Fsp3) is 0.364. The van der Waals surface area contributed by atoms with Crippen molar-refractivity contribution in [3.8, 4) is 5.82 Å². The van der Waals surface area contributed by atoms with Crippen LogP contribution in [0.4, 0.5) is 0 Å². The first-order valence-electron chi connectivity index (χ1n) is 5.28. The van der Waals surface area contributed by atoms with Crippen LogP contribution >= 0.6 is 15.9 Å². The van der Waals surface area contributed by atoms with Gasteiger partial charge >= 0.3 is 0 Å². The molecule has 0 amide bonds. The standard InChI is InChI=1S/C11H11BrN4/c1-7-5-16(6-13-7)10-4-9(8-2-3-8)14-11(12)15-10/h4-6,8H,2-3H2,1H3. The second-order valence-electron chi connectivity index (χ2n) is 4.12. The van der Waals surface area contributed by atoms with Crippen molar-refractivity contribution in [2.75, 3.05) is 0 Å². The fourth-order valence-electron chi connectivity index (χ4n) is 1.69. The van der Waals surface area contributed by atoms with Crippen LogP contribution in [0, 0.1) is 6.92 Å². The Bertz CT molecular complexity index is 531. The molecule has 2 aromatic rings. The summed E-state index contributed by atoms with van der Waals surface area (Å²) in [5.41, 5.74) is 2.12. The number of aryl methyl sites for hydroxylation is 1. The zero-order valence-corrected chi connectivity index (χ0v) is 10.5. The Hall–Kier alpha value is -1.23. The Morgan fingerprint density at radius 2 is 2.19 bits per heavy atom. The van der Waals surface area contributed by atoms with Crippen molar-refractivity contribution in [1.82, 2.24) is 19.5 Å². The van der Waals surface area contributed by atoms with Gasteiger partial charge in [0.1, 0.15) is 12.1 Å². The van der Waals surface area contributed by atoms with Gasteiger partial charge in [-0.2, -0.15) is 0 Å². The summed E-state index contributed by atoms with van der Waals surface area (Å²) in [7, 11) is 0. The van der Waals surface area contributed by atoms with Gasteiger partial charge in [0.25, 0.3) is 0 Å². The van der Waals surface area contributed by atoms with E-state index in [9.17, 15) is 0 Å². The number of hydrogen-bond donors (Lipinski definition) is 0. The van der Waals surface area contributed by atoms with Gasteiger partial charge in [0.05, 0.1) is 11.4 Å². The van der Waals surface area contributed by atoms with Crippen LogP contribution in [0.3, 0.4) is 0 Å². The molecule has 0 bridgehead atoms. The third kappa shape index (κ3) is 1.87. The minimum atomic E-state index is 0.627. The summed E-state index contributed by atoms with van der Waals surface area (Å²) in [5.74, 6) is 1.51. The lowest BCUT2D eigenvalue weighted by atomic mass is 10.3. The van der Waals surface area contributed by atoms with Crippen LogP contribution in [0.2, 0.25) is 0 Å². The predicted octanol–water partition coefficient (Wildman–Crippen LogP) is 2.61. The lowest BCUT2D eigenvalue weighted by Crippen LogP contribution is -1.99. The molecule has 4 nitrogen and oxygen atoms in total. The Kier molecular flexibility index (Phi) is 2.28. The van der Waals surface area contributed by atoms with Crippen LogP contribution in [-0.2, 0) is 0 Å². The highest BCUT2D eigenvalue weighted by Gasteiger charge is 2.26. The van der Waals surface area contributed by atoms with Crippen LogP contribution in [-0.4, -0.2) is 19.5 Å². The largest absolute Gasteiger partial charge is 0.290 e. The Morgan fingerprint density at radius 1 is 1.38 bits per heavy atom. The Morgan fingerprint density at radius 3 is 2.81 bits per heavy atom. The number of halogens is 1. The van der Waals surface area contributed by atoms with Gasteiger partial charge in [-0.25, -0.2) is 15.0 Å². The molecule has 16 heavy (non-hydrogen) atoms. The molecule has 0 aliphatic heterocycles. The van der Waals surface area contributed by atoms with E-state index < -0.39 is 0 Å². The topological polar surface area (TPSA) is 43.6 Å². The molecule has 1 fully saturated rings. The molecule has 0 saturated heterocycles. The van der Waals surface area contributed by atoms with Crippen molar-refractivity contribution in [3.05, 3.63) is 34.7 Å². The Labute approximate surface area is 102 Å². The highest BCUT2D eigenvalue weighted by Crippen LogP contribution is 2.39. The minimum absolute atomic E-state index is 0.627. The molecule has 5 heteroatoms. The first kappa shape index (κ1) is 9.96. The summed E-state index contributed by atoms with van der Waals surface area (Å²) in [6, 6.07) is 2.05. The summed E-state index contributed by atoms with van der Waals surface area (Å²) >= 11 is 3.36. The highest BCUT2D eigenvalue weighted by atomic mass is 79.9. The van der Waals surface area contributed by atoms with Gasteiger partial charge in [-0.05, 0) is 35.7 Å². The minimum Gasteiger partial charge on any atom is -0.290 e. The average Bonchev–Trinajstić information content (AvgIpc) is 3.01. The molecule has 1 saturated carbocycles. The van der Waals surface area contributed by atoms with Crippen LogP contribution in [0.5, 0.6) is 0 Å². The molecule has 0 aromatic carbocycles. The maximum absolute atomic E-state index is 4.40. The van der Waals surface area contributed by atoms with Crippen LogP contribution in [0.25, 0.3) is 5.82 Å². The van der Waals surface area contributed by atoms with E-state index in [0.29, 0.717) is 10.7 Å². The number of rotatable bonds is 2. The van der Waals surface area contributed by atoms with Gasteiger partial charge in [-0.3, -0.25) is 4.57 Å². The first-order chi connectivity index (χ1) is 7.72. The normalized spacial score (nSPS) is 15.4. The molecular formula is C11H11BrN4. The lowest BCUT2D eigenvalue weighted by molar-refractivity contribution is 0.903. The second kappa shape index (κ2) is 3.66. The maximum Gasteiger partial charge on any atom is 0.198 e. The van der Waals surface area contributed by atoms with Crippen molar-refractivity contribution in [2.24, 2.45) is 0 Å². The van der Waals surface area contributed by atoms with Gasteiger partial charge in [0.2, 0.25) is 0 Å². The van der Waals surface area contributed by atoms with E-state index in [-0.39, 0.29) is 0 Å². The Balaban J connectivity index is 2.06. The quantitative estimate of drug-likeness (QED) is 0.794. The summed E-state index contributed by atoms with van der Waals surface area (Å²) in [5, 5.41) is 0. The maximum atomic E-state index is 4.40. The zero-order valence-electron chi connectivity index (χ0n) is 8.89. The molecule has 0 spiro atoms. The average molecular weight is 279 g/mol. The van der Waals surface area contributed by atoms with E-state index in [0.717, 1.165) is 17.2 Å². The predicted molar refractivity (Wildman–Crippen MR) is 63.6 cm³/mol. The summed E-state index contributed by atoms with van der Waals surface area (Å²) < 4.78 is 2.58. The summed E-state index contributed by atoms with van der Waals surface area (Å²) in [6.45, 7) is 1.97. The highest BCUT2D eigenvalue weighted by molar-refractivity contribution is 9.10. The molecule has 0 unspecified atom stereocenters. The molecular weight excluding hydrogens is 268 g/mol. The van der Waals surface area contributed by atoms with Crippen molar-refractivity contribution in [2.45, 2.75) is 25.7 Å². The third-order valence-electron chi connectivity index (χ3n) is 2.68. The SMILES string of the molecule is Cc1cn(-c2cc(C3CC3)nc(Br)n2)cn1. The van der Waals surface area contributed by atoms with E-state index in [2.05, 4.69) is 30.9 Å². The monoisotopic (exact) mass is 278 g/mol. The molecule has 2 heterocycles. The molecule has 0 N–H and O–H groups in total. The third-order valence-corrected chi connectivity index (χ3v) is 3.03.